The van der Waals surface area contributed by atoms with Crippen LogP contribution in [0.4, 0.5) is 0 Å². The molecule has 0 radical (unpaired) electrons. The van der Waals surface area contributed by atoms with Crippen LogP contribution in [-0.2, 0) is 11.3 Å². The van der Waals surface area contributed by atoms with Gasteiger partial charge in [0.1, 0.15) is 11.1 Å². The normalized spacial score (nSPS) is 19.3. The van der Waals surface area contributed by atoms with E-state index in [1.807, 2.05) is 35.1 Å². The number of nitrogens with zero attached hydrogens (tertiary/aromatic N) is 3. The fraction of sp³-hybridized carbons (Fsp3) is 0.333. The third kappa shape index (κ3) is 2.68. The summed E-state index contributed by atoms with van der Waals surface area (Å²) < 4.78 is 7.37. The highest BCUT2D eigenvalue weighted by molar-refractivity contribution is 7.99. The van der Waals surface area contributed by atoms with E-state index in [0.717, 1.165) is 28.6 Å². The largest absolute Gasteiger partial charge is 0.360 e. The Morgan fingerprint density at radius 1 is 1.39 bits per heavy atom. The Morgan fingerprint density at radius 3 is 2.94 bits per heavy atom. The summed E-state index contributed by atoms with van der Waals surface area (Å²) in [5.41, 5.74) is 2.09. The minimum absolute atomic E-state index is 0.0453. The summed E-state index contributed by atoms with van der Waals surface area (Å²) in [5, 5.41) is 9.02. The fourth-order valence-corrected chi connectivity index (χ4v) is 2.81. The number of aromatic nitrogens is 3. The molecule has 0 N–H and O–H groups in total. The maximum Gasteiger partial charge on any atom is 0.148 e. The van der Waals surface area contributed by atoms with E-state index in [4.69, 9.17) is 16.3 Å². The Balaban J connectivity index is 1.71. The van der Waals surface area contributed by atoms with Crippen molar-refractivity contribution in [3.05, 3.63) is 46.7 Å². The van der Waals surface area contributed by atoms with Crippen LogP contribution in [0, 0.1) is 0 Å². The van der Waals surface area contributed by atoms with Crippen molar-refractivity contribution < 1.29 is 4.74 Å². The van der Waals surface area contributed by atoms with Crippen molar-refractivity contribution in [2.45, 2.75) is 12.0 Å². The van der Waals surface area contributed by atoms with E-state index in [1.165, 1.54) is 0 Å². The minimum Gasteiger partial charge on any atom is -0.360 e. The topological polar surface area (TPSA) is 39.9 Å². The van der Waals surface area contributed by atoms with Crippen molar-refractivity contribution in [2.75, 3.05) is 12.4 Å². The van der Waals surface area contributed by atoms with E-state index in [1.54, 1.807) is 11.8 Å². The van der Waals surface area contributed by atoms with Gasteiger partial charge in [0.05, 0.1) is 19.3 Å². The molecule has 0 bridgehead atoms. The number of ether oxygens (including phenoxy) is 1. The zero-order valence-electron chi connectivity index (χ0n) is 9.62. The average Bonchev–Trinajstić information content (AvgIpc) is 3.02. The smallest absolute Gasteiger partial charge is 0.148 e. The predicted molar refractivity (Wildman–Crippen MR) is 71.7 cm³/mol. The van der Waals surface area contributed by atoms with Crippen LogP contribution in [0.3, 0.4) is 0 Å². The molecular weight excluding hydrogens is 270 g/mol. The molecule has 1 atom stereocenters. The van der Waals surface area contributed by atoms with Crippen LogP contribution >= 0.6 is 23.4 Å². The highest BCUT2D eigenvalue weighted by Gasteiger charge is 2.21. The number of hydrogen-bond acceptors (Lipinski definition) is 4. The molecule has 0 aliphatic carbocycles. The molecule has 2 heterocycles. The Labute approximate surface area is 114 Å². The number of benzene rings is 1. The fourth-order valence-electron chi connectivity index (χ4n) is 1.80. The van der Waals surface area contributed by atoms with Crippen LogP contribution in [-0.4, -0.2) is 27.4 Å². The van der Waals surface area contributed by atoms with Gasteiger partial charge in [-0.05, 0) is 17.7 Å². The van der Waals surface area contributed by atoms with Gasteiger partial charge in [-0.25, -0.2) is 4.68 Å². The molecule has 0 amide bonds. The summed E-state index contributed by atoms with van der Waals surface area (Å²) in [6.45, 7) is 1.49. The van der Waals surface area contributed by atoms with Gasteiger partial charge in [-0.2, -0.15) is 0 Å². The van der Waals surface area contributed by atoms with Crippen molar-refractivity contribution in [3.8, 4) is 0 Å². The zero-order chi connectivity index (χ0) is 12.4. The van der Waals surface area contributed by atoms with Crippen molar-refractivity contribution in [1.82, 2.24) is 15.0 Å². The maximum atomic E-state index is 5.85. The molecular formula is C12H12ClN3OS. The van der Waals surface area contributed by atoms with Crippen molar-refractivity contribution >= 4 is 23.4 Å². The SMILES string of the molecule is Clc1ccc(Cn2cc([C@H]3OCCS3)nn2)cc1. The van der Waals surface area contributed by atoms with E-state index in [2.05, 4.69) is 10.3 Å². The summed E-state index contributed by atoms with van der Waals surface area (Å²) >= 11 is 7.61. The predicted octanol–water partition coefficient (Wildman–Crippen LogP) is 2.74. The van der Waals surface area contributed by atoms with E-state index < -0.39 is 0 Å². The number of rotatable bonds is 3. The van der Waals surface area contributed by atoms with Gasteiger partial charge < -0.3 is 4.74 Å². The number of thioether (sulfide) groups is 1. The van der Waals surface area contributed by atoms with Gasteiger partial charge >= 0.3 is 0 Å². The third-order valence-electron chi connectivity index (χ3n) is 2.68. The molecule has 1 saturated heterocycles. The lowest BCUT2D eigenvalue weighted by Crippen LogP contribution is -2.00. The van der Waals surface area contributed by atoms with E-state index in [-0.39, 0.29) is 5.44 Å². The molecule has 94 valence electrons. The molecule has 1 aromatic carbocycles. The highest BCUT2D eigenvalue weighted by Crippen LogP contribution is 2.33. The lowest BCUT2D eigenvalue weighted by Gasteiger charge is -2.03. The highest BCUT2D eigenvalue weighted by atomic mass is 35.5. The standard InChI is InChI=1S/C12H12ClN3OS/c13-10-3-1-9(2-4-10)7-16-8-11(14-15-16)12-17-5-6-18-12/h1-4,8,12H,5-7H2/t12-/m0/s1. The second-order valence-electron chi connectivity index (χ2n) is 4.04. The molecule has 0 spiro atoms. The molecule has 4 nitrogen and oxygen atoms in total. The molecule has 18 heavy (non-hydrogen) atoms. The summed E-state index contributed by atoms with van der Waals surface area (Å²) in [4.78, 5) is 0. The Kier molecular flexibility index (Phi) is 3.54. The van der Waals surface area contributed by atoms with Crippen LogP contribution < -0.4 is 0 Å². The number of halogens is 1. The van der Waals surface area contributed by atoms with Crippen LogP contribution in [0.2, 0.25) is 5.02 Å². The summed E-state index contributed by atoms with van der Waals surface area (Å²) in [5.74, 6) is 1.02. The van der Waals surface area contributed by atoms with E-state index >= 15 is 0 Å². The second kappa shape index (κ2) is 5.30. The third-order valence-corrected chi connectivity index (χ3v) is 4.01. The maximum absolute atomic E-state index is 5.85. The van der Waals surface area contributed by atoms with Gasteiger partial charge in [-0.1, -0.05) is 28.9 Å². The van der Waals surface area contributed by atoms with Gasteiger partial charge in [0, 0.05) is 10.8 Å². The van der Waals surface area contributed by atoms with Crippen LogP contribution in [0.15, 0.2) is 30.5 Å². The molecule has 2 aromatic rings. The average molecular weight is 282 g/mol. The van der Waals surface area contributed by atoms with Crippen LogP contribution in [0.5, 0.6) is 0 Å². The van der Waals surface area contributed by atoms with Gasteiger partial charge in [0.2, 0.25) is 0 Å². The van der Waals surface area contributed by atoms with Crippen LogP contribution in [0.1, 0.15) is 16.7 Å². The first-order valence-electron chi connectivity index (χ1n) is 5.69. The molecule has 0 unspecified atom stereocenters. The lowest BCUT2D eigenvalue weighted by molar-refractivity contribution is 0.142. The van der Waals surface area contributed by atoms with Crippen molar-refractivity contribution in [2.24, 2.45) is 0 Å². The number of hydrogen-bond donors (Lipinski definition) is 0. The molecule has 6 heteroatoms. The first-order valence-corrected chi connectivity index (χ1v) is 7.11. The van der Waals surface area contributed by atoms with Crippen LogP contribution in [0.25, 0.3) is 0 Å². The zero-order valence-corrected chi connectivity index (χ0v) is 11.2. The summed E-state index contributed by atoms with van der Waals surface area (Å²) in [7, 11) is 0. The van der Waals surface area contributed by atoms with Crippen molar-refractivity contribution in [3.63, 3.8) is 0 Å². The lowest BCUT2D eigenvalue weighted by atomic mass is 10.2. The molecule has 3 rings (SSSR count). The Hall–Kier alpha value is -1.04. The molecule has 1 aromatic heterocycles. The Morgan fingerprint density at radius 2 is 2.22 bits per heavy atom. The quantitative estimate of drug-likeness (QED) is 0.867. The van der Waals surface area contributed by atoms with E-state index in [0.29, 0.717) is 6.54 Å². The molecule has 1 aliphatic heterocycles. The Bertz CT molecular complexity index is 522. The molecule has 1 fully saturated rings. The first-order chi connectivity index (χ1) is 8.81. The van der Waals surface area contributed by atoms with Gasteiger partial charge in [0.15, 0.2) is 0 Å². The second-order valence-corrected chi connectivity index (χ2v) is 5.65. The van der Waals surface area contributed by atoms with Gasteiger partial charge in [0.25, 0.3) is 0 Å². The monoisotopic (exact) mass is 281 g/mol. The summed E-state index contributed by atoms with van der Waals surface area (Å²) in [6.07, 6.45) is 1.94. The summed E-state index contributed by atoms with van der Waals surface area (Å²) in [6, 6.07) is 7.74. The van der Waals surface area contributed by atoms with Gasteiger partial charge in [-0.15, -0.1) is 16.9 Å². The van der Waals surface area contributed by atoms with Gasteiger partial charge in [-0.3, -0.25) is 0 Å². The molecule has 0 saturated carbocycles. The minimum atomic E-state index is 0.0453. The first kappa shape index (κ1) is 12.0. The van der Waals surface area contributed by atoms with Crippen molar-refractivity contribution in [1.29, 1.82) is 0 Å². The van der Waals surface area contributed by atoms with E-state index in [9.17, 15) is 0 Å². The molecule has 1 aliphatic rings.